The average molecular weight is 432 g/mol. The van der Waals surface area contributed by atoms with E-state index in [0.29, 0.717) is 23.1 Å². The largest absolute Gasteiger partial charge is 0.369 e. The fraction of sp³-hybridized carbons (Fsp3) is 0.364. The van der Waals surface area contributed by atoms with Crippen LogP contribution in [0.2, 0.25) is 10.0 Å². The van der Waals surface area contributed by atoms with E-state index in [1.54, 1.807) is 0 Å². The van der Waals surface area contributed by atoms with Gasteiger partial charge in [0.25, 0.3) is 0 Å². The first-order valence-electron chi connectivity index (χ1n) is 9.69. The standard InChI is InChI=1S/C22H27Cl2N5/c1-28(2)13-7-12-25-22-16-8-4-5-11-20(16)26-21(27-22)15-29(3)14-17-18(23)9-6-10-19(17)24/h4-6,8-11H,7,12-15H2,1-3H3,(H,25,26,27). The average Bonchev–Trinajstić information content (AvgIpc) is 2.68. The summed E-state index contributed by atoms with van der Waals surface area (Å²) in [4.78, 5) is 13.9. The smallest absolute Gasteiger partial charge is 0.145 e. The van der Waals surface area contributed by atoms with Crippen molar-refractivity contribution < 1.29 is 0 Å². The molecule has 1 N–H and O–H groups in total. The van der Waals surface area contributed by atoms with Crippen molar-refractivity contribution in [3.05, 3.63) is 63.9 Å². The lowest BCUT2D eigenvalue weighted by molar-refractivity contribution is 0.311. The SMILES string of the molecule is CN(C)CCCNc1nc(CN(C)Cc2c(Cl)cccc2Cl)nc2ccccc12. The molecule has 0 amide bonds. The highest BCUT2D eigenvalue weighted by molar-refractivity contribution is 6.35. The predicted molar refractivity (Wildman–Crippen MR) is 123 cm³/mol. The Balaban J connectivity index is 1.76. The number of para-hydroxylation sites is 1. The summed E-state index contributed by atoms with van der Waals surface area (Å²) in [5.74, 6) is 1.65. The fourth-order valence-electron chi connectivity index (χ4n) is 3.18. The second-order valence-electron chi connectivity index (χ2n) is 7.46. The minimum Gasteiger partial charge on any atom is -0.369 e. The monoisotopic (exact) mass is 431 g/mol. The summed E-state index contributed by atoms with van der Waals surface area (Å²) in [6.07, 6.45) is 1.05. The maximum absolute atomic E-state index is 6.32. The van der Waals surface area contributed by atoms with Crippen molar-refractivity contribution >= 4 is 39.9 Å². The second kappa shape index (κ2) is 10.2. The van der Waals surface area contributed by atoms with E-state index in [4.69, 9.17) is 33.2 Å². The van der Waals surface area contributed by atoms with Gasteiger partial charge in [-0.05, 0) is 58.4 Å². The van der Waals surface area contributed by atoms with Crippen LogP contribution < -0.4 is 5.32 Å². The molecule has 0 atom stereocenters. The number of hydrogen-bond donors (Lipinski definition) is 1. The van der Waals surface area contributed by atoms with Gasteiger partial charge in [0.2, 0.25) is 0 Å². The number of rotatable bonds is 9. The van der Waals surface area contributed by atoms with E-state index >= 15 is 0 Å². The molecule has 1 aromatic heterocycles. The molecule has 29 heavy (non-hydrogen) atoms. The Labute approximate surface area is 182 Å². The first-order valence-corrected chi connectivity index (χ1v) is 10.5. The Bertz CT molecular complexity index is 941. The van der Waals surface area contributed by atoms with E-state index in [-0.39, 0.29) is 0 Å². The van der Waals surface area contributed by atoms with Crippen LogP contribution >= 0.6 is 23.2 Å². The van der Waals surface area contributed by atoms with Gasteiger partial charge in [-0.15, -0.1) is 0 Å². The zero-order chi connectivity index (χ0) is 20.8. The lowest BCUT2D eigenvalue weighted by Crippen LogP contribution is -2.20. The van der Waals surface area contributed by atoms with Crippen molar-refractivity contribution in [2.24, 2.45) is 0 Å². The molecule has 5 nitrogen and oxygen atoms in total. The molecule has 0 spiro atoms. The molecular weight excluding hydrogens is 405 g/mol. The van der Waals surface area contributed by atoms with Crippen molar-refractivity contribution in [1.29, 1.82) is 0 Å². The molecule has 0 radical (unpaired) electrons. The molecular formula is C22H27Cl2N5. The highest BCUT2D eigenvalue weighted by Crippen LogP contribution is 2.26. The Kier molecular flexibility index (Phi) is 7.67. The van der Waals surface area contributed by atoms with Crippen LogP contribution in [-0.2, 0) is 13.1 Å². The number of aromatic nitrogens is 2. The summed E-state index contributed by atoms with van der Waals surface area (Å²) in [6, 6.07) is 13.7. The zero-order valence-corrected chi connectivity index (χ0v) is 18.6. The number of halogens is 2. The molecule has 0 aliphatic rings. The molecule has 2 aromatic carbocycles. The number of nitrogens with one attached hydrogen (secondary N) is 1. The third-order valence-electron chi connectivity index (χ3n) is 4.63. The third kappa shape index (κ3) is 6.03. The molecule has 0 aliphatic heterocycles. The van der Waals surface area contributed by atoms with Crippen LogP contribution in [0.4, 0.5) is 5.82 Å². The Hall–Kier alpha value is -1.92. The highest BCUT2D eigenvalue weighted by atomic mass is 35.5. The maximum atomic E-state index is 6.32. The van der Waals surface area contributed by atoms with Gasteiger partial charge in [-0.25, -0.2) is 9.97 Å². The molecule has 0 saturated heterocycles. The van der Waals surface area contributed by atoms with Crippen LogP contribution in [0, 0.1) is 0 Å². The molecule has 3 aromatic rings. The summed E-state index contributed by atoms with van der Waals surface area (Å²) in [5, 5.41) is 5.87. The molecule has 0 aliphatic carbocycles. The summed E-state index contributed by atoms with van der Waals surface area (Å²) in [6.45, 7) is 3.12. The predicted octanol–water partition coefficient (Wildman–Crippen LogP) is 4.93. The summed E-state index contributed by atoms with van der Waals surface area (Å²) >= 11 is 12.6. The van der Waals surface area contributed by atoms with Gasteiger partial charge in [-0.2, -0.15) is 0 Å². The van der Waals surface area contributed by atoms with Gasteiger partial charge in [0.15, 0.2) is 0 Å². The minimum absolute atomic E-state index is 0.596. The summed E-state index contributed by atoms with van der Waals surface area (Å²) in [5.41, 5.74) is 1.86. The Morgan fingerprint density at radius 3 is 2.34 bits per heavy atom. The Morgan fingerprint density at radius 2 is 1.62 bits per heavy atom. The molecule has 3 rings (SSSR count). The van der Waals surface area contributed by atoms with Crippen molar-refractivity contribution in [2.45, 2.75) is 19.5 Å². The van der Waals surface area contributed by atoms with Gasteiger partial charge in [-0.1, -0.05) is 41.4 Å². The van der Waals surface area contributed by atoms with Crippen LogP contribution in [0.25, 0.3) is 10.9 Å². The highest BCUT2D eigenvalue weighted by Gasteiger charge is 2.12. The number of benzene rings is 2. The molecule has 0 fully saturated rings. The van der Waals surface area contributed by atoms with Crippen molar-refractivity contribution in [3.8, 4) is 0 Å². The zero-order valence-electron chi connectivity index (χ0n) is 17.1. The van der Waals surface area contributed by atoms with Crippen LogP contribution in [0.15, 0.2) is 42.5 Å². The summed E-state index contributed by atoms with van der Waals surface area (Å²) < 4.78 is 0. The normalized spacial score (nSPS) is 11.6. The van der Waals surface area contributed by atoms with Crippen LogP contribution in [0.3, 0.4) is 0 Å². The van der Waals surface area contributed by atoms with Gasteiger partial charge >= 0.3 is 0 Å². The molecule has 0 bridgehead atoms. The van der Waals surface area contributed by atoms with Crippen molar-refractivity contribution in [2.75, 3.05) is 39.5 Å². The van der Waals surface area contributed by atoms with Gasteiger partial charge in [-0.3, -0.25) is 4.90 Å². The minimum atomic E-state index is 0.596. The van der Waals surface area contributed by atoms with E-state index in [9.17, 15) is 0 Å². The molecule has 1 heterocycles. The van der Waals surface area contributed by atoms with Gasteiger partial charge in [0, 0.05) is 34.1 Å². The van der Waals surface area contributed by atoms with Crippen molar-refractivity contribution in [3.63, 3.8) is 0 Å². The van der Waals surface area contributed by atoms with E-state index in [0.717, 1.165) is 47.6 Å². The Morgan fingerprint density at radius 1 is 0.897 bits per heavy atom. The maximum Gasteiger partial charge on any atom is 0.145 e. The van der Waals surface area contributed by atoms with E-state index in [1.807, 2.05) is 43.4 Å². The quantitative estimate of drug-likeness (QED) is 0.486. The number of nitrogens with zero attached hydrogens (tertiary/aromatic N) is 4. The third-order valence-corrected chi connectivity index (χ3v) is 5.33. The summed E-state index contributed by atoms with van der Waals surface area (Å²) in [7, 11) is 6.18. The van der Waals surface area contributed by atoms with Gasteiger partial charge in [0.05, 0.1) is 12.1 Å². The van der Waals surface area contributed by atoms with Crippen LogP contribution in [-0.4, -0.2) is 54.0 Å². The number of hydrogen-bond acceptors (Lipinski definition) is 5. The molecule has 0 saturated carbocycles. The lowest BCUT2D eigenvalue weighted by Gasteiger charge is -2.19. The first-order chi connectivity index (χ1) is 13.9. The van der Waals surface area contributed by atoms with E-state index in [2.05, 4.69) is 35.3 Å². The molecule has 154 valence electrons. The van der Waals surface area contributed by atoms with Crippen LogP contribution in [0.5, 0.6) is 0 Å². The molecule has 0 unspecified atom stereocenters. The van der Waals surface area contributed by atoms with E-state index < -0.39 is 0 Å². The molecule has 7 heteroatoms. The van der Waals surface area contributed by atoms with Crippen LogP contribution in [0.1, 0.15) is 17.8 Å². The van der Waals surface area contributed by atoms with Gasteiger partial charge < -0.3 is 10.2 Å². The topological polar surface area (TPSA) is 44.3 Å². The lowest BCUT2D eigenvalue weighted by atomic mass is 10.2. The van der Waals surface area contributed by atoms with E-state index in [1.165, 1.54) is 0 Å². The number of fused-ring (bicyclic) bond motifs is 1. The first kappa shape index (κ1) is 21.8. The van der Waals surface area contributed by atoms with Gasteiger partial charge in [0.1, 0.15) is 11.6 Å². The number of anilines is 1. The fourth-order valence-corrected chi connectivity index (χ4v) is 3.70. The second-order valence-corrected chi connectivity index (χ2v) is 8.28. The van der Waals surface area contributed by atoms with Crippen molar-refractivity contribution in [1.82, 2.24) is 19.8 Å².